The van der Waals surface area contributed by atoms with Crippen LogP contribution >= 0.6 is 0 Å². The van der Waals surface area contributed by atoms with Crippen LogP contribution in [-0.4, -0.2) is 22.8 Å². The molecule has 0 saturated carbocycles. The summed E-state index contributed by atoms with van der Waals surface area (Å²) in [5, 5.41) is 0.547. The van der Waals surface area contributed by atoms with Gasteiger partial charge in [-0.15, -0.1) is 5.06 Å². The van der Waals surface area contributed by atoms with Gasteiger partial charge in [-0.3, -0.25) is 9.59 Å². The topological polar surface area (TPSA) is 63.7 Å². The average Bonchev–Trinajstić information content (AvgIpc) is 2.35. The van der Waals surface area contributed by atoms with Gasteiger partial charge in [0.1, 0.15) is 0 Å². The maximum Gasteiger partial charge on any atom is 0.332 e. The van der Waals surface area contributed by atoms with Gasteiger partial charge in [0, 0.05) is 19.3 Å². The molecule has 0 aromatic carbocycles. The smallest absolute Gasteiger partial charge is 0.330 e. The zero-order chi connectivity index (χ0) is 9.14. The Labute approximate surface area is 84.0 Å². The predicted molar refractivity (Wildman–Crippen MR) is 50.9 cm³/mol. The van der Waals surface area contributed by atoms with Crippen LogP contribution in [0.4, 0.5) is 0 Å². The number of hydroxylamine groups is 2. The third-order valence-electron chi connectivity index (χ3n) is 1.49. The summed E-state index contributed by atoms with van der Waals surface area (Å²) in [4.78, 5) is 36.9. The Morgan fingerprint density at radius 1 is 1.29 bits per heavy atom. The lowest BCUT2D eigenvalue weighted by atomic mass is 10.4. The molecule has 1 aliphatic rings. The second-order valence-corrected chi connectivity index (χ2v) is 2.40. The van der Waals surface area contributed by atoms with Crippen LogP contribution in [0.5, 0.6) is 0 Å². The van der Waals surface area contributed by atoms with Crippen LogP contribution in [0.2, 0.25) is 0 Å². The van der Waals surface area contributed by atoms with Crippen LogP contribution in [-0.2, 0) is 19.2 Å². The van der Waals surface area contributed by atoms with Crippen molar-refractivity contribution in [3.05, 3.63) is 0 Å². The highest BCUT2D eigenvalue weighted by Gasteiger charge is 2.32. The number of imide groups is 1. The van der Waals surface area contributed by atoms with Crippen LogP contribution in [0.1, 0.15) is 41.0 Å². The van der Waals surface area contributed by atoms with Crippen molar-refractivity contribution in [2.75, 3.05) is 0 Å². The lowest BCUT2D eigenvalue weighted by molar-refractivity contribution is -0.197. The van der Waals surface area contributed by atoms with E-state index in [0.29, 0.717) is 5.06 Å². The monoisotopic (exact) mass is 203 g/mol. The van der Waals surface area contributed by atoms with Crippen molar-refractivity contribution in [3.8, 4) is 0 Å². The maximum absolute atomic E-state index is 10.9. The van der Waals surface area contributed by atoms with Gasteiger partial charge in [-0.25, -0.2) is 4.79 Å². The molecule has 1 fully saturated rings. The first-order valence-corrected chi connectivity index (χ1v) is 3.71. The fraction of sp³-hybridized carbons (Fsp3) is 0.667. The molecule has 0 radical (unpaired) electrons. The van der Waals surface area contributed by atoms with E-state index in [4.69, 9.17) is 0 Å². The van der Waals surface area contributed by atoms with Gasteiger partial charge in [-0.1, -0.05) is 21.8 Å². The van der Waals surface area contributed by atoms with Gasteiger partial charge in [-0.2, -0.15) is 0 Å². The quantitative estimate of drug-likeness (QED) is 0.634. The van der Waals surface area contributed by atoms with E-state index in [1.54, 1.807) is 6.92 Å². The van der Waals surface area contributed by atoms with Crippen molar-refractivity contribution >= 4 is 17.8 Å². The highest BCUT2D eigenvalue weighted by atomic mass is 16.7. The molecule has 14 heavy (non-hydrogen) atoms. The fourth-order valence-electron chi connectivity index (χ4n) is 0.824. The van der Waals surface area contributed by atoms with Crippen LogP contribution < -0.4 is 0 Å². The van der Waals surface area contributed by atoms with E-state index < -0.39 is 17.8 Å². The Hall–Kier alpha value is -1.39. The van der Waals surface area contributed by atoms with Gasteiger partial charge in [0.15, 0.2) is 0 Å². The Kier molecular flexibility index (Phi) is 6.60. The third-order valence-corrected chi connectivity index (χ3v) is 1.49. The molecule has 0 aliphatic carbocycles. The fourth-order valence-corrected chi connectivity index (χ4v) is 0.824. The van der Waals surface area contributed by atoms with Gasteiger partial charge in [0.05, 0.1) is 0 Å². The molecule has 0 spiro atoms. The summed E-state index contributed by atoms with van der Waals surface area (Å²) >= 11 is 0. The highest BCUT2D eigenvalue weighted by molar-refractivity contribution is 6.01. The van der Waals surface area contributed by atoms with Crippen LogP contribution in [0.15, 0.2) is 0 Å². The summed E-state index contributed by atoms with van der Waals surface area (Å²) in [6.45, 7) is 1.59. The minimum Gasteiger partial charge on any atom is -0.330 e. The summed E-state index contributed by atoms with van der Waals surface area (Å²) in [5.41, 5.74) is 0. The number of carbonyl (C=O) groups excluding carboxylic acids is 3. The first-order valence-electron chi connectivity index (χ1n) is 3.71. The second kappa shape index (κ2) is 6.12. The van der Waals surface area contributed by atoms with Crippen molar-refractivity contribution in [3.63, 3.8) is 0 Å². The summed E-state index contributed by atoms with van der Waals surface area (Å²) in [6, 6.07) is 0. The largest absolute Gasteiger partial charge is 0.332 e. The lowest BCUT2D eigenvalue weighted by Gasteiger charge is -2.10. The molecule has 1 saturated heterocycles. The molecule has 0 aromatic heterocycles. The van der Waals surface area contributed by atoms with Crippen molar-refractivity contribution in [1.82, 2.24) is 5.06 Å². The predicted octanol–water partition coefficient (Wildman–Crippen LogP) is 1.28. The Morgan fingerprint density at radius 2 is 1.71 bits per heavy atom. The molecule has 0 aromatic rings. The van der Waals surface area contributed by atoms with E-state index in [9.17, 15) is 14.4 Å². The third kappa shape index (κ3) is 3.16. The lowest BCUT2D eigenvalue weighted by Crippen LogP contribution is -2.31. The number of carbonyl (C=O) groups is 3. The van der Waals surface area contributed by atoms with Gasteiger partial charge >= 0.3 is 5.97 Å². The number of amides is 2. The molecule has 0 bridgehead atoms. The number of hydrogen-bond donors (Lipinski definition) is 0. The second-order valence-electron chi connectivity index (χ2n) is 2.40. The summed E-state index contributed by atoms with van der Waals surface area (Å²) in [5.74, 6) is -1.46. The molecule has 0 N–H and O–H groups in total. The van der Waals surface area contributed by atoms with Crippen molar-refractivity contribution in [2.24, 2.45) is 0 Å². The SMILES string of the molecule is C.C.CCC(=O)ON1C(=O)CCC1=O. The van der Waals surface area contributed by atoms with E-state index in [2.05, 4.69) is 4.84 Å². The number of rotatable bonds is 2. The molecular formula is C9H17NO4. The molecular weight excluding hydrogens is 186 g/mol. The van der Waals surface area contributed by atoms with Crippen LogP contribution in [0.3, 0.4) is 0 Å². The summed E-state index contributed by atoms with van der Waals surface area (Å²) in [6.07, 6.45) is 0.419. The number of nitrogens with zero attached hydrogens (tertiary/aromatic N) is 1. The minimum atomic E-state index is -0.571. The number of hydrogen-bond acceptors (Lipinski definition) is 4. The molecule has 5 heteroatoms. The molecule has 0 atom stereocenters. The molecule has 5 nitrogen and oxygen atoms in total. The molecule has 0 unspecified atom stereocenters. The van der Waals surface area contributed by atoms with Crippen LogP contribution in [0.25, 0.3) is 0 Å². The van der Waals surface area contributed by atoms with E-state index in [1.165, 1.54) is 0 Å². The van der Waals surface area contributed by atoms with Crippen LogP contribution in [0, 0.1) is 0 Å². The van der Waals surface area contributed by atoms with Crippen molar-refractivity contribution < 1.29 is 19.2 Å². The first kappa shape index (κ1) is 15.1. The molecule has 1 heterocycles. The molecule has 2 amide bonds. The van der Waals surface area contributed by atoms with Gasteiger partial charge in [0.2, 0.25) is 0 Å². The molecule has 1 aliphatic heterocycles. The Balaban J connectivity index is 0. The van der Waals surface area contributed by atoms with Crippen molar-refractivity contribution in [1.29, 1.82) is 0 Å². The van der Waals surface area contributed by atoms with Crippen molar-refractivity contribution in [2.45, 2.75) is 41.0 Å². The molecule has 82 valence electrons. The van der Waals surface area contributed by atoms with E-state index in [0.717, 1.165) is 0 Å². The molecule has 1 rings (SSSR count). The standard InChI is InChI=1S/C7H9NO4.2CH4/c1-2-7(11)12-8-5(9)3-4-6(8)10;;/h2-4H2,1H3;2*1H4. The van der Waals surface area contributed by atoms with E-state index in [1.807, 2.05) is 0 Å². The van der Waals surface area contributed by atoms with E-state index >= 15 is 0 Å². The summed E-state index contributed by atoms with van der Waals surface area (Å²) in [7, 11) is 0. The van der Waals surface area contributed by atoms with Gasteiger partial charge in [-0.05, 0) is 0 Å². The first-order chi connectivity index (χ1) is 5.65. The average molecular weight is 203 g/mol. The van der Waals surface area contributed by atoms with Gasteiger partial charge in [0.25, 0.3) is 11.8 Å². The minimum absolute atomic E-state index is 0. The normalized spacial score (nSPS) is 14.5. The zero-order valence-corrected chi connectivity index (χ0v) is 6.70. The summed E-state index contributed by atoms with van der Waals surface area (Å²) < 4.78 is 0. The Bertz CT molecular complexity index is 221. The Morgan fingerprint density at radius 3 is 2.07 bits per heavy atom. The van der Waals surface area contributed by atoms with Gasteiger partial charge < -0.3 is 4.84 Å². The maximum atomic E-state index is 10.9. The zero-order valence-electron chi connectivity index (χ0n) is 6.70. The van der Waals surface area contributed by atoms with E-state index in [-0.39, 0.29) is 34.1 Å². The highest BCUT2D eigenvalue weighted by Crippen LogP contribution is 2.12.